The van der Waals surface area contributed by atoms with Crippen molar-refractivity contribution < 1.29 is 24.5 Å². The van der Waals surface area contributed by atoms with Gasteiger partial charge in [0.15, 0.2) is 0 Å². The van der Waals surface area contributed by atoms with Gasteiger partial charge in [0.2, 0.25) is 5.91 Å². The van der Waals surface area contributed by atoms with Crippen molar-refractivity contribution in [1.29, 1.82) is 0 Å². The van der Waals surface area contributed by atoms with Crippen molar-refractivity contribution in [3.8, 4) is 0 Å². The Morgan fingerprint density at radius 3 is 2.72 bits per heavy atom. The maximum absolute atomic E-state index is 13.4. The minimum absolute atomic E-state index is 0.0792. The first-order valence-electron chi connectivity index (χ1n) is 15.0. The van der Waals surface area contributed by atoms with E-state index in [1.54, 1.807) is 12.4 Å². The second kappa shape index (κ2) is 11.9. The molecule has 43 heavy (non-hydrogen) atoms. The highest BCUT2D eigenvalue weighted by Gasteiger charge is 2.52. The lowest BCUT2D eigenvalue weighted by molar-refractivity contribution is -0.120. The average molecular weight is 584 g/mol. The van der Waals surface area contributed by atoms with Gasteiger partial charge in [-0.1, -0.05) is 42.5 Å². The number of aliphatic hydroxyl groups is 2. The number of ether oxygens (including phenoxy) is 2. The van der Waals surface area contributed by atoms with Crippen molar-refractivity contribution in [2.45, 2.75) is 49.1 Å². The molecule has 1 amide bonds. The Balaban J connectivity index is 1.19. The molecule has 10 heteroatoms. The first kappa shape index (κ1) is 28.3. The number of nitrogens with one attached hydrogen (secondary N) is 2. The summed E-state index contributed by atoms with van der Waals surface area (Å²) in [6.07, 6.45) is 7.07. The molecule has 4 N–H and O–H groups in total. The molecule has 2 aromatic heterocycles. The van der Waals surface area contributed by atoms with Crippen LogP contribution in [0, 0.1) is 0 Å². The molecule has 7 rings (SSSR count). The van der Waals surface area contributed by atoms with E-state index in [0.717, 1.165) is 22.4 Å². The second-order valence-electron chi connectivity index (χ2n) is 11.9. The van der Waals surface area contributed by atoms with E-state index in [9.17, 15) is 15.0 Å². The Bertz CT molecular complexity index is 1520. The number of piperidine rings is 1. The van der Waals surface area contributed by atoms with Crippen LogP contribution in [0.4, 0.5) is 5.82 Å². The molecule has 1 aliphatic carbocycles. The molecular weight excluding hydrogens is 546 g/mol. The number of aliphatic hydroxyl groups excluding tert-OH is 2. The fourth-order valence-electron chi connectivity index (χ4n) is 6.96. The van der Waals surface area contributed by atoms with Gasteiger partial charge in [-0.3, -0.25) is 20.0 Å². The summed E-state index contributed by atoms with van der Waals surface area (Å²) < 4.78 is 11.6. The largest absolute Gasteiger partial charge is 0.378 e. The molecule has 1 aromatic carbocycles. The second-order valence-corrected chi connectivity index (χ2v) is 11.9. The molecule has 1 saturated heterocycles. The van der Waals surface area contributed by atoms with Gasteiger partial charge in [0.25, 0.3) is 0 Å². The van der Waals surface area contributed by atoms with Gasteiger partial charge in [-0.2, -0.15) is 0 Å². The van der Waals surface area contributed by atoms with Gasteiger partial charge in [-0.05, 0) is 47.6 Å². The molecule has 7 bridgehead atoms. The number of carbonyl (C=O) groups excluding carboxylic acids is 1. The van der Waals surface area contributed by atoms with Crippen LogP contribution in [0.5, 0.6) is 0 Å². The maximum atomic E-state index is 13.4. The minimum atomic E-state index is -1.04. The van der Waals surface area contributed by atoms with E-state index in [1.807, 2.05) is 47.4 Å². The van der Waals surface area contributed by atoms with Gasteiger partial charge in [0.1, 0.15) is 18.3 Å². The van der Waals surface area contributed by atoms with E-state index in [2.05, 4.69) is 27.8 Å². The molecule has 1 fully saturated rings. The van der Waals surface area contributed by atoms with E-state index < -0.39 is 23.9 Å². The third-order valence-corrected chi connectivity index (χ3v) is 9.24. The van der Waals surface area contributed by atoms with E-state index in [-0.39, 0.29) is 11.8 Å². The number of fused-ring (bicyclic) bond motifs is 4. The first-order chi connectivity index (χ1) is 21.0. The lowest BCUT2D eigenvalue weighted by atomic mass is 9.79. The van der Waals surface area contributed by atoms with Gasteiger partial charge >= 0.3 is 0 Å². The van der Waals surface area contributed by atoms with Crippen LogP contribution >= 0.6 is 0 Å². The highest BCUT2D eigenvalue weighted by Crippen LogP contribution is 2.46. The normalized spacial score (nSPS) is 30.8. The molecule has 5 unspecified atom stereocenters. The molecule has 0 saturated carbocycles. The van der Waals surface area contributed by atoms with Crippen LogP contribution in [0.15, 0.2) is 60.9 Å². The molecule has 5 heterocycles. The summed E-state index contributed by atoms with van der Waals surface area (Å²) in [5.41, 5.74) is 4.56. The number of benzene rings is 1. The molecule has 4 aliphatic rings. The van der Waals surface area contributed by atoms with Crippen LogP contribution in [0.3, 0.4) is 0 Å². The predicted octanol–water partition coefficient (Wildman–Crippen LogP) is 2.28. The summed E-state index contributed by atoms with van der Waals surface area (Å²) in [4.78, 5) is 24.6. The Labute approximate surface area is 250 Å². The van der Waals surface area contributed by atoms with Crippen molar-refractivity contribution in [2.75, 3.05) is 44.8 Å². The summed E-state index contributed by atoms with van der Waals surface area (Å²) in [7, 11) is 0. The average Bonchev–Trinajstić information content (AvgIpc) is 3.54. The Hall–Kier alpha value is -3.51. The smallest absolute Gasteiger partial charge is 0.237 e. The topological polar surface area (TPSA) is 129 Å². The van der Waals surface area contributed by atoms with Crippen molar-refractivity contribution >= 4 is 17.8 Å². The standard InChI is InChI=1S/C33H37N5O5/c39-30-24-14-23-16-33(17-28(23)34-19-24)26-13-21(18-35-29(26)37-32(33)41)5-4-9-42-11-12-43-10-8-38-20-25(15-27(36-30)31(38)40)22-6-2-1-3-7-22/h1-7,13-14,18-19,25,27,30-31,36,39-40H,8-12,15-17,20H2,(H,35,37,41)/t25?,27?,30?,31?,33-/m0/s1. The van der Waals surface area contributed by atoms with Crippen molar-refractivity contribution in [2.24, 2.45) is 0 Å². The number of anilines is 1. The Morgan fingerprint density at radius 2 is 1.84 bits per heavy atom. The molecule has 6 atom stereocenters. The number of hydrogen-bond donors (Lipinski definition) is 4. The van der Waals surface area contributed by atoms with Crippen LogP contribution in [0.2, 0.25) is 0 Å². The van der Waals surface area contributed by atoms with Gasteiger partial charge in [-0.25, -0.2) is 4.98 Å². The molecule has 1 spiro atoms. The fourth-order valence-corrected chi connectivity index (χ4v) is 6.96. The first-order valence-corrected chi connectivity index (χ1v) is 15.0. The van der Waals surface area contributed by atoms with E-state index in [0.29, 0.717) is 70.2 Å². The fraction of sp³-hybridized carbons (Fsp3) is 0.424. The molecule has 0 radical (unpaired) electrons. The van der Waals surface area contributed by atoms with Gasteiger partial charge in [0.05, 0.1) is 31.8 Å². The number of pyridine rings is 2. The molecule has 3 aromatic rings. The highest BCUT2D eigenvalue weighted by atomic mass is 16.5. The molecule has 3 aliphatic heterocycles. The Kier molecular flexibility index (Phi) is 7.81. The number of carbonyl (C=O) groups is 1. The number of nitrogens with zero attached hydrogens (tertiary/aromatic N) is 3. The predicted molar refractivity (Wildman–Crippen MR) is 160 cm³/mol. The van der Waals surface area contributed by atoms with E-state index in [1.165, 1.54) is 5.56 Å². The zero-order valence-electron chi connectivity index (χ0n) is 24.0. The zero-order valence-corrected chi connectivity index (χ0v) is 24.0. The monoisotopic (exact) mass is 583 g/mol. The highest BCUT2D eigenvalue weighted by molar-refractivity contribution is 6.06. The van der Waals surface area contributed by atoms with Crippen LogP contribution in [-0.2, 0) is 32.5 Å². The number of rotatable bonds is 1. The summed E-state index contributed by atoms with van der Waals surface area (Å²) in [5.74, 6) is 0.681. The SMILES string of the molecule is O=C1Nc2ncc3cc2[C@@]12Cc1cc(cnc1C2)C(O)NC1CC(c2ccccc2)CN(CCOCCOCC=C3)C1O. The molecule has 224 valence electrons. The van der Waals surface area contributed by atoms with Crippen LogP contribution in [-0.4, -0.2) is 82.8 Å². The summed E-state index contributed by atoms with van der Waals surface area (Å²) in [6, 6.07) is 13.9. The van der Waals surface area contributed by atoms with E-state index in [4.69, 9.17) is 14.5 Å². The quantitative estimate of drug-likeness (QED) is 0.341. The maximum Gasteiger partial charge on any atom is 0.237 e. The van der Waals surface area contributed by atoms with Crippen molar-refractivity contribution in [3.05, 3.63) is 94.4 Å². The third kappa shape index (κ3) is 5.50. The van der Waals surface area contributed by atoms with Crippen LogP contribution in [0.1, 0.15) is 52.1 Å². The van der Waals surface area contributed by atoms with Crippen molar-refractivity contribution in [1.82, 2.24) is 20.2 Å². The minimum Gasteiger partial charge on any atom is -0.378 e. The summed E-state index contributed by atoms with van der Waals surface area (Å²) in [6.45, 7) is 3.02. The summed E-state index contributed by atoms with van der Waals surface area (Å²) in [5, 5.41) is 29.0. The number of amides is 1. The molecule has 10 nitrogen and oxygen atoms in total. The van der Waals surface area contributed by atoms with Gasteiger partial charge in [-0.15, -0.1) is 0 Å². The van der Waals surface area contributed by atoms with Gasteiger partial charge < -0.3 is 25.0 Å². The van der Waals surface area contributed by atoms with Crippen molar-refractivity contribution in [3.63, 3.8) is 0 Å². The van der Waals surface area contributed by atoms with Crippen LogP contribution in [0.25, 0.3) is 6.08 Å². The number of hydrogen-bond acceptors (Lipinski definition) is 9. The lowest BCUT2D eigenvalue weighted by Crippen LogP contribution is -2.57. The zero-order chi connectivity index (χ0) is 29.4. The lowest BCUT2D eigenvalue weighted by Gasteiger charge is -2.43. The summed E-state index contributed by atoms with van der Waals surface area (Å²) >= 11 is 0. The van der Waals surface area contributed by atoms with E-state index >= 15 is 0 Å². The Morgan fingerprint density at radius 1 is 0.977 bits per heavy atom. The third-order valence-electron chi connectivity index (χ3n) is 9.24. The molecular formula is C33H37N5O5. The van der Waals surface area contributed by atoms with Gasteiger partial charge in [0, 0.05) is 54.8 Å². The number of aromatic nitrogens is 2. The van der Waals surface area contributed by atoms with Crippen LogP contribution < -0.4 is 10.6 Å².